The van der Waals surface area contributed by atoms with Crippen LogP contribution in [0, 0.1) is 0 Å². The monoisotopic (exact) mass is 274 g/mol. The molecule has 0 bridgehead atoms. The van der Waals surface area contributed by atoms with Crippen LogP contribution in [-0.4, -0.2) is 24.7 Å². The predicted octanol–water partition coefficient (Wildman–Crippen LogP) is 0.993. The summed E-state index contributed by atoms with van der Waals surface area (Å²) in [6.45, 7) is 3.68. The van der Waals surface area contributed by atoms with Gasteiger partial charge in [0.1, 0.15) is 6.29 Å². The molecule has 0 atom stereocenters. The number of rotatable bonds is 8. The molecule has 1 rings (SSSR count). The van der Waals surface area contributed by atoms with E-state index >= 15 is 0 Å². The lowest BCUT2D eigenvalue weighted by Crippen LogP contribution is -2.22. The van der Waals surface area contributed by atoms with Gasteiger partial charge in [-0.2, -0.15) is 5.10 Å². The Morgan fingerprint density at radius 1 is 1.35 bits per heavy atom. The average molecular weight is 274 g/mol. The first-order valence-electron chi connectivity index (χ1n) is 6.26. The lowest BCUT2D eigenvalue weighted by molar-refractivity contribution is -0.121. The summed E-state index contributed by atoms with van der Waals surface area (Å²) in [5.41, 5.74) is 7.37. The van der Waals surface area contributed by atoms with Crippen LogP contribution in [0.3, 0.4) is 0 Å². The number of nitrogens with two attached hydrogens (primary N) is 1. The summed E-state index contributed by atoms with van der Waals surface area (Å²) in [6.07, 6.45) is 2.17. The molecule has 0 aliphatic rings. The third-order valence-electron chi connectivity index (χ3n) is 2.64. The topological polar surface area (TPSA) is 96.9 Å². The van der Waals surface area contributed by atoms with Gasteiger partial charge in [-0.15, -0.1) is 5.10 Å². The Morgan fingerprint density at radius 3 is 2.65 bits per heavy atom. The van der Waals surface area contributed by atoms with Crippen molar-refractivity contribution in [3.8, 4) is 0 Å². The van der Waals surface area contributed by atoms with Gasteiger partial charge in [-0.05, 0) is 12.0 Å². The van der Waals surface area contributed by atoms with Gasteiger partial charge in [-0.1, -0.05) is 24.3 Å². The van der Waals surface area contributed by atoms with Crippen LogP contribution < -0.4 is 11.1 Å². The molecule has 0 saturated carbocycles. The molecule has 1 aromatic rings. The number of carbonyl (C=O) groups is 2. The van der Waals surface area contributed by atoms with Crippen LogP contribution in [0.1, 0.15) is 30.4 Å². The Balaban J connectivity index is 2.45. The molecule has 1 aromatic carbocycles. The molecule has 0 aliphatic carbocycles. The number of amides is 1. The highest BCUT2D eigenvalue weighted by molar-refractivity contribution is 5.97. The standard InChI is InChI=1S/C14H18N4O2/c1-16-18-14(15)12-7-5-11(6-8-12)10-17-13(20)4-2-3-9-19/h5-9H,1-4,10H2,(H2,15,18)(H,17,20). The van der Waals surface area contributed by atoms with E-state index in [0.717, 1.165) is 17.4 Å². The van der Waals surface area contributed by atoms with Crippen LogP contribution in [0.2, 0.25) is 0 Å². The van der Waals surface area contributed by atoms with Crippen LogP contribution >= 0.6 is 0 Å². The third-order valence-corrected chi connectivity index (χ3v) is 2.64. The fourth-order valence-electron chi connectivity index (χ4n) is 1.56. The predicted molar refractivity (Wildman–Crippen MR) is 78.5 cm³/mol. The maximum atomic E-state index is 11.5. The number of nitrogens with zero attached hydrogens (tertiary/aromatic N) is 2. The van der Waals surface area contributed by atoms with Gasteiger partial charge in [0.05, 0.1) is 0 Å². The molecule has 0 saturated heterocycles. The van der Waals surface area contributed by atoms with Crippen molar-refractivity contribution >= 4 is 24.7 Å². The van der Waals surface area contributed by atoms with Gasteiger partial charge in [-0.25, -0.2) is 0 Å². The molecule has 0 heterocycles. The van der Waals surface area contributed by atoms with Crippen molar-refractivity contribution in [1.29, 1.82) is 0 Å². The Kier molecular flexibility index (Phi) is 6.67. The fraction of sp³-hybridized carbons (Fsp3) is 0.286. The largest absolute Gasteiger partial charge is 0.382 e. The molecule has 0 spiro atoms. The number of nitrogens with one attached hydrogen (secondary N) is 1. The molecule has 1 amide bonds. The fourth-order valence-corrected chi connectivity index (χ4v) is 1.56. The highest BCUT2D eigenvalue weighted by Gasteiger charge is 2.02. The van der Waals surface area contributed by atoms with Crippen molar-refractivity contribution in [2.24, 2.45) is 15.9 Å². The second-order valence-electron chi connectivity index (χ2n) is 4.16. The smallest absolute Gasteiger partial charge is 0.220 e. The average Bonchev–Trinajstić information content (AvgIpc) is 2.46. The number of amidine groups is 1. The molecule has 0 aromatic heterocycles. The summed E-state index contributed by atoms with van der Waals surface area (Å²) in [7, 11) is 0. The van der Waals surface area contributed by atoms with Gasteiger partial charge < -0.3 is 15.8 Å². The maximum Gasteiger partial charge on any atom is 0.220 e. The Morgan fingerprint density at radius 2 is 2.05 bits per heavy atom. The van der Waals surface area contributed by atoms with E-state index in [0.29, 0.717) is 31.6 Å². The molecule has 0 unspecified atom stereocenters. The van der Waals surface area contributed by atoms with Crippen LogP contribution in [0.4, 0.5) is 0 Å². The molecule has 106 valence electrons. The summed E-state index contributed by atoms with van der Waals surface area (Å²) in [5, 5.41) is 9.80. The molecular formula is C14H18N4O2. The zero-order valence-electron chi connectivity index (χ0n) is 11.2. The van der Waals surface area contributed by atoms with E-state index in [9.17, 15) is 9.59 Å². The maximum absolute atomic E-state index is 11.5. The van der Waals surface area contributed by atoms with E-state index in [1.54, 1.807) is 12.1 Å². The first kappa shape index (κ1) is 15.6. The van der Waals surface area contributed by atoms with E-state index in [2.05, 4.69) is 22.2 Å². The number of benzene rings is 1. The lowest BCUT2D eigenvalue weighted by atomic mass is 10.1. The van der Waals surface area contributed by atoms with Crippen LogP contribution in [0.5, 0.6) is 0 Å². The minimum Gasteiger partial charge on any atom is -0.382 e. The van der Waals surface area contributed by atoms with Crippen LogP contribution in [0.15, 0.2) is 34.5 Å². The molecule has 20 heavy (non-hydrogen) atoms. The highest BCUT2D eigenvalue weighted by atomic mass is 16.1. The minimum atomic E-state index is -0.0622. The van der Waals surface area contributed by atoms with Crippen molar-refractivity contribution in [2.75, 3.05) is 0 Å². The van der Waals surface area contributed by atoms with Gasteiger partial charge in [0.15, 0.2) is 5.84 Å². The molecule has 6 nitrogen and oxygen atoms in total. The van der Waals surface area contributed by atoms with Gasteiger partial charge >= 0.3 is 0 Å². The molecule has 0 radical (unpaired) electrons. The quantitative estimate of drug-likeness (QED) is 0.243. The summed E-state index contributed by atoms with van der Waals surface area (Å²) >= 11 is 0. The van der Waals surface area contributed by atoms with Crippen molar-refractivity contribution in [1.82, 2.24) is 5.32 Å². The van der Waals surface area contributed by atoms with Gasteiger partial charge in [0, 0.05) is 31.7 Å². The zero-order chi connectivity index (χ0) is 14.8. The summed E-state index contributed by atoms with van der Waals surface area (Å²) in [5.74, 6) is 0.234. The molecular weight excluding hydrogens is 256 g/mol. The number of aldehydes is 1. The van der Waals surface area contributed by atoms with E-state index in [1.807, 2.05) is 12.1 Å². The van der Waals surface area contributed by atoms with Crippen molar-refractivity contribution in [3.63, 3.8) is 0 Å². The van der Waals surface area contributed by atoms with E-state index in [1.165, 1.54) is 0 Å². The SMILES string of the molecule is C=N/N=C(\N)c1ccc(CNC(=O)CCCC=O)cc1. The van der Waals surface area contributed by atoms with Gasteiger partial charge in [0.2, 0.25) is 5.91 Å². The third kappa shape index (κ3) is 5.43. The van der Waals surface area contributed by atoms with E-state index in [-0.39, 0.29) is 5.91 Å². The number of hydrogen-bond donors (Lipinski definition) is 2. The van der Waals surface area contributed by atoms with Crippen LogP contribution in [-0.2, 0) is 16.1 Å². The number of unbranched alkanes of at least 4 members (excludes halogenated alkanes) is 1. The Hall–Kier alpha value is -2.50. The van der Waals surface area contributed by atoms with Gasteiger partial charge in [-0.3, -0.25) is 4.79 Å². The Labute approximate surface area is 117 Å². The molecule has 0 fully saturated rings. The van der Waals surface area contributed by atoms with E-state index < -0.39 is 0 Å². The van der Waals surface area contributed by atoms with Gasteiger partial charge in [0.25, 0.3) is 0 Å². The summed E-state index contributed by atoms with van der Waals surface area (Å²) in [6, 6.07) is 7.31. The molecule has 0 aliphatic heterocycles. The summed E-state index contributed by atoms with van der Waals surface area (Å²) < 4.78 is 0. The highest BCUT2D eigenvalue weighted by Crippen LogP contribution is 2.04. The minimum absolute atomic E-state index is 0.0622. The molecule has 3 N–H and O–H groups in total. The first-order chi connectivity index (χ1) is 9.67. The second kappa shape index (κ2) is 8.58. The van der Waals surface area contributed by atoms with Crippen molar-refractivity contribution in [3.05, 3.63) is 35.4 Å². The zero-order valence-corrected chi connectivity index (χ0v) is 11.2. The van der Waals surface area contributed by atoms with Crippen molar-refractivity contribution < 1.29 is 9.59 Å². The van der Waals surface area contributed by atoms with Crippen molar-refractivity contribution in [2.45, 2.75) is 25.8 Å². The van der Waals surface area contributed by atoms with E-state index in [4.69, 9.17) is 5.73 Å². The number of carbonyl (C=O) groups excluding carboxylic acids is 2. The summed E-state index contributed by atoms with van der Waals surface area (Å²) in [4.78, 5) is 21.6. The van der Waals surface area contributed by atoms with Crippen LogP contribution in [0.25, 0.3) is 0 Å². The lowest BCUT2D eigenvalue weighted by Gasteiger charge is -2.06. The second-order valence-corrected chi connectivity index (χ2v) is 4.16. The number of hydrogen-bond acceptors (Lipinski definition) is 4. The normalized spacial score (nSPS) is 10.9. The molecule has 6 heteroatoms. The Bertz CT molecular complexity index is 494. The first-order valence-corrected chi connectivity index (χ1v) is 6.26.